The van der Waals surface area contributed by atoms with E-state index in [-0.39, 0.29) is 25.2 Å². The van der Waals surface area contributed by atoms with Gasteiger partial charge in [0.15, 0.2) is 0 Å². The third kappa shape index (κ3) is 4.75. The molecule has 4 rings (SSSR count). The number of ether oxygens (including phenoxy) is 3. The van der Waals surface area contributed by atoms with E-state index in [9.17, 15) is 5.11 Å². The second-order valence-electron chi connectivity index (χ2n) is 8.01. The van der Waals surface area contributed by atoms with Crippen LogP contribution in [-0.2, 0) is 4.74 Å². The van der Waals surface area contributed by atoms with Crippen LogP contribution in [-0.4, -0.2) is 39.9 Å². The molecule has 2 aromatic carbocycles. The lowest BCUT2D eigenvalue weighted by atomic mass is 9.87. The van der Waals surface area contributed by atoms with Gasteiger partial charge in [-0.15, -0.1) is 0 Å². The fourth-order valence-electron chi connectivity index (χ4n) is 3.42. The van der Waals surface area contributed by atoms with Crippen molar-refractivity contribution in [2.45, 2.75) is 25.4 Å². The summed E-state index contributed by atoms with van der Waals surface area (Å²) < 4.78 is 17.3. The first-order valence-corrected chi connectivity index (χ1v) is 9.83. The van der Waals surface area contributed by atoms with Crippen LogP contribution >= 0.6 is 0 Å². The van der Waals surface area contributed by atoms with Gasteiger partial charge in [0.05, 0.1) is 11.5 Å². The number of nitrogens with zero attached hydrogens (tertiary/aromatic N) is 2. The number of amidine groups is 1. The number of aromatic nitrogens is 2. The molecule has 0 saturated heterocycles. The van der Waals surface area contributed by atoms with E-state index in [0.717, 1.165) is 22.3 Å². The minimum absolute atomic E-state index is 0.149. The third-order valence-electron chi connectivity index (χ3n) is 4.85. The molecule has 1 atom stereocenters. The van der Waals surface area contributed by atoms with Crippen molar-refractivity contribution in [3.05, 3.63) is 66.2 Å². The molecule has 0 fully saturated rings. The van der Waals surface area contributed by atoms with Crippen LogP contribution in [0.3, 0.4) is 0 Å². The molecule has 8 nitrogen and oxygen atoms in total. The number of fused-ring (bicyclic) bond motifs is 2. The SMILES string of the molecule is CC(C)(O)COc1ccc2c(c1)C(COC(=N)N)c1cc(-c3cncnc3)ccc1O2. The number of hydrogen-bond donors (Lipinski definition) is 3. The maximum atomic E-state index is 9.97. The lowest BCUT2D eigenvalue weighted by Crippen LogP contribution is -2.28. The van der Waals surface area contributed by atoms with Crippen molar-refractivity contribution in [1.29, 1.82) is 5.41 Å². The molecule has 2 heterocycles. The molecule has 0 radical (unpaired) electrons. The summed E-state index contributed by atoms with van der Waals surface area (Å²) in [6, 6.07) is 11.0. The van der Waals surface area contributed by atoms with Gasteiger partial charge in [-0.05, 0) is 49.7 Å². The summed E-state index contributed by atoms with van der Waals surface area (Å²) in [5.41, 5.74) is 8.07. The van der Waals surface area contributed by atoms with Crippen molar-refractivity contribution in [1.82, 2.24) is 9.97 Å². The molecule has 31 heavy (non-hydrogen) atoms. The molecule has 0 bridgehead atoms. The molecule has 1 aliphatic heterocycles. The fourth-order valence-corrected chi connectivity index (χ4v) is 3.42. The van der Waals surface area contributed by atoms with Gasteiger partial charge in [0.2, 0.25) is 0 Å². The Morgan fingerprint density at radius 1 is 1.10 bits per heavy atom. The van der Waals surface area contributed by atoms with Gasteiger partial charge in [0.25, 0.3) is 6.02 Å². The molecule has 4 N–H and O–H groups in total. The van der Waals surface area contributed by atoms with Crippen LogP contribution in [0.2, 0.25) is 0 Å². The van der Waals surface area contributed by atoms with Gasteiger partial charge in [0, 0.05) is 29.1 Å². The molecule has 0 amide bonds. The molecular weight excluding hydrogens is 396 g/mol. The van der Waals surface area contributed by atoms with Crippen molar-refractivity contribution in [3.8, 4) is 28.4 Å². The number of nitrogens with two attached hydrogens (primary N) is 1. The highest BCUT2D eigenvalue weighted by Crippen LogP contribution is 2.46. The summed E-state index contributed by atoms with van der Waals surface area (Å²) in [5.74, 6) is 1.75. The monoisotopic (exact) mass is 420 g/mol. The van der Waals surface area contributed by atoms with Gasteiger partial charge in [-0.1, -0.05) is 6.07 Å². The zero-order valence-corrected chi connectivity index (χ0v) is 17.3. The number of rotatable bonds is 6. The number of aliphatic hydroxyl groups is 1. The standard InChI is InChI=1S/C23H24N4O4/c1-23(2,28)12-30-16-4-6-21-18(8-16)19(11-29-22(24)25)17-7-14(3-5-20(17)31-21)15-9-26-13-27-10-15/h3-10,13,19,28H,11-12H2,1-2H3,(H3,24,25). The predicted octanol–water partition coefficient (Wildman–Crippen LogP) is 3.44. The molecule has 160 valence electrons. The zero-order chi connectivity index (χ0) is 22.0. The van der Waals surface area contributed by atoms with Crippen LogP contribution in [0.1, 0.15) is 30.9 Å². The first kappa shape index (κ1) is 20.6. The highest BCUT2D eigenvalue weighted by Gasteiger charge is 2.29. The Bertz CT molecular complexity index is 1100. The topological polar surface area (TPSA) is 124 Å². The second-order valence-corrected chi connectivity index (χ2v) is 8.01. The Labute approximate surface area is 180 Å². The van der Waals surface area contributed by atoms with E-state index >= 15 is 0 Å². The molecule has 1 aromatic heterocycles. The van der Waals surface area contributed by atoms with Gasteiger partial charge < -0.3 is 25.1 Å². The average Bonchev–Trinajstić information content (AvgIpc) is 2.75. The van der Waals surface area contributed by atoms with Crippen molar-refractivity contribution < 1.29 is 19.3 Å². The highest BCUT2D eigenvalue weighted by atomic mass is 16.5. The van der Waals surface area contributed by atoms with Gasteiger partial charge in [-0.3, -0.25) is 5.41 Å². The van der Waals surface area contributed by atoms with Gasteiger partial charge >= 0.3 is 0 Å². The first-order chi connectivity index (χ1) is 14.8. The summed E-state index contributed by atoms with van der Waals surface area (Å²) in [6.45, 7) is 3.69. The zero-order valence-electron chi connectivity index (χ0n) is 17.3. The van der Waals surface area contributed by atoms with E-state index in [4.69, 9.17) is 25.4 Å². The minimum atomic E-state index is -0.956. The van der Waals surface area contributed by atoms with Gasteiger partial charge in [-0.25, -0.2) is 9.97 Å². The van der Waals surface area contributed by atoms with E-state index < -0.39 is 5.60 Å². The quantitative estimate of drug-likeness (QED) is 0.412. The summed E-state index contributed by atoms with van der Waals surface area (Å²) in [5, 5.41) is 17.5. The van der Waals surface area contributed by atoms with Gasteiger partial charge in [0.1, 0.15) is 36.8 Å². The smallest absolute Gasteiger partial charge is 0.279 e. The van der Waals surface area contributed by atoms with Crippen molar-refractivity contribution >= 4 is 6.02 Å². The van der Waals surface area contributed by atoms with Crippen LogP contribution < -0.4 is 15.2 Å². The minimum Gasteiger partial charge on any atom is -0.491 e. The Morgan fingerprint density at radius 3 is 2.45 bits per heavy atom. The summed E-state index contributed by atoms with van der Waals surface area (Å²) in [7, 11) is 0. The van der Waals surface area contributed by atoms with Crippen LogP contribution in [0.25, 0.3) is 11.1 Å². The summed E-state index contributed by atoms with van der Waals surface area (Å²) in [4.78, 5) is 8.18. The summed E-state index contributed by atoms with van der Waals surface area (Å²) in [6.07, 6.45) is 4.98. The molecule has 0 saturated carbocycles. The molecule has 0 aliphatic carbocycles. The number of benzene rings is 2. The number of hydrogen-bond acceptors (Lipinski definition) is 7. The van der Waals surface area contributed by atoms with Crippen LogP contribution in [0.5, 0.6) is 17.2 Å². The Balaban J connectivity index is 1.73. The molecule has 8 heteroatoms. The molecule has 1 aliphatic rings. The third-order valence-corrected chi connectivity index (χ3v) is 4.85. The fraction of sp³-hybridized carbons (Fsp3) is 0.261. The number of nitrogens with one attached hydrogen (secondary N) is 1. The maximum absolute atomic E-state index is 9.97. The van der Waals surface area contributed by atoms with Crippen molar-refractivity contribution in [3.63, 3.8) is 0 Å². The average molecular weight is 420 g/mol. The van der Waals surface area contributed by atoms with E-state index in [2.05, 4.69) is 9.97 Å². The highest BCUT2D eigenvalue weighted by molar-refractivity contribution is 5.69. The van der Waals surface area contributed by atoms with E-state index in [0.29, 0.717) is 17.2 Å². The normalized spacial score (nSPS) is 14.7. The second kappa shape index (κ2) is 8.23. The van der Waals surface area contributed by atoms with Crippen molar-refractivity contribution in [2.24, 2.45) is 5.73 Å². The van der Waals surface area contributed by atoms with E-state index in [1.807, 2.05) is 30.3 Å². The molecule has 3 aromatic rings. The first-order valence-electron chi connectivity index (χ1n) is 9.83. The Morgan fingerprint density at radius 2 is 1.77 bits per heavy atom. The maximum Gasteiger partial charge on any atom is 0.279 e. The Kier molecular flexibility index (Phi) is 5.48. The van der Waals surface area contributed by atoms with Crippen molar-refractivity contribution in [2.75, 3.05) is 13.2 Å². The van der Waals surface area contributed by atoms with Crippen LogP contribution in [0, 0.1) is 5.41 Å². The van der Waals surface area contributed by atoms with Gasteiger partial charge in [-0.2, -0.15) is 0 Å². The predicted molar refractivity (Wildman–Crippen MR) is 115 cm³/mol. The summed E-state index contributed by atoms with van der Waals surface area (Å²) >= 11 is 0. The molecule has 0 spiro atoms. The lowest BCUT2D eigenvalue weighted by molar-refractivity contribution is 0.0284. The van der Waals surface area contributed by atoms with Crippen LogP contribution in [0.15, 0.2) is 55.1 Å². The lowest BCUT2D eigenvalue weighted by Gasteiger charge is -2.29. The Hall–Kier alpha value is -3.65. The van der Waals surface area contributed by atoms with E-state index in [1.165, 1.54) is 6.33 Å². The molecule has 1 unspecified atom stereocenters. The largest absolute Gasteiger partial charge is 0.491 e. The van der Waals surface area contributed by atoms with Crippen LogP contribution in [0.4, 0.5) is 0 Å². The molecular formula is C23H24N4O4. The van der Waals surface area contributed by atoms with E-state index in [1.54, 1.807) is 32.3 Å².